The first-order valence-corrected chi connectivity index (χ1v) is 5.72. The van der Waals surface area contributed by atoms with Gasteiger partial charge in [0.15, 0.2) is 0 Å². The van der Waals surface area contributed by atoms with Gasteiger partial charge in [0.05, 0.1) is 6.61 Å². The number of hydrogen-bond acceptors (Lipinski definition) is 2. The molecule has 2 rings (SSSR count). The minimum atomic E-state index is -0.0845. The molecule has 2 N–H and O–H groups in total. The van der Waals surface area contributed by atoms with Crippen molar-refractivity contribution in [1.82, 2.24) is 0 Å². The summed E-state index contributed by atoms with van der Waals surface area (Å²) in [5, 5.41) is 1.35. The van der Waals surface area contributed by atoms with E-state index in [-0.39, 0.29) is 6.04 Å². The molecule has 1 saturated heterocycles. The van der Waals surface area contributed by atoms with Crippen LogP contribution in [0.3, 0.4) is 0 Å². The first-order chi connectivity index (χ1) is 7.18. The van der Waals surface area contributed by atoms with Gasteiger partial charge in [-0.2, -0.15) is 0 Å². The lowest BCUT2D eigenvalue weighted by Gasteiger charge is -2.19. The van der Waals surface area contributed by atoms with Crippen LogP contribution < -0.4 is 5.73 Å². The quantitative estimate of drug-likeness (QED) is 0.870. The predicted octanol–water partition coefficient (Wildman–Crippen LogP) is 3.03. The number of ether oxygens (including phenoxy) is 1. The number of halogens is 2. The molecule has 0 radical (unpaired) electrons. The highest BCUT2D eigenvalue weighted by molar-refractivity contribution is 6.33. The zero-order valence-corrected chi connectivity index (χ0v) is 9.76. The van der Waals surface area contributed by atoms with E-state index in [2.05, 4.69) is 0 Å². The van der Waals surface area contributed by atoms with E-state index >= 15 is 0 Å². The fourth-order valence-corrected chi connectivity index (χ4v) is 2.28. The van der Waals surface area contributed by atoms with E-state index in [1.165, 1.54) is 0 Å². The van der Waals surface area contributed by atoms with Crippen LogP contribution in [0.2, 0.25) is 10.0 Å². The standard InChI is InChI=1S/C11H13Cl2NO/c12-8-1-2-10(13)9(5-8)11(14)7-3-4-15-6-7/h1-2,5,7,11H,3-4,6,14H2/t7-,11+/m1/s1. The van der Waals surface area contributed by atoms with Crippen LogP contribution in [0.1, 0.15) is 18.0 Å². The maximum Gasteiger partial charge on any atom is 0.0513 e. The van der Waals surface area contributed by atoms with Crippen molar-refractivity contribution in [2.24, 2.45) is 11.7 Å². The molecule has 0 bridgehead atoms. The smallest absolute Gasteiger partial charge is 0.0513 e. The Kier molecular flexibility index (Phi) is 3.52. The molecule has 0 amide bonds. The fourth-order valence-electron chi connectivity index (χ4n) is 1.86. The second-order valence-corrected chi connectivity index (χ2v) is 4.66. The summed E-state index contributed by atoms with van der Waals surface area (Å²) in [6.07, 6.45) is 0.990. The fraction of sp³-hybridized carbons (Fsp3) is 0.455. The van der Waals surface area contributed by atoms with Gasteiger partial charge in [-0.15, -0.1) is 0 Å². The van der Waals surface area contributed by atoms with Crippen molar-refractivity contribution in [2.45, 2.75) is 12.5 Å². The minimum absolute atomic E-state index is 0.0845. The summed E-state index contributed by atoms with van der Waals surface area (Å²) < 4.78 is 5.31. The van der Waals surface area contributed by atoms with Crippen molar-refractivity contribution in [3.8, 4) is 0 Å². The van der Waals surface area contributed by atoms with E-state index in [0.29, 0.717) is 22.6 Å². The molecule has 1 aliphatic heterocycles. The Hall–Kier alpha value is -0.280. The third-order valence-electron chi connectivity index (χ3n) is 2.79. The topological polar surface area (TPSA) is 35.2 Å². The zero-order valence-electron chi connectivity index (χ0n) is 8.25. The molecular formula is C11H13Cl2NO. The van der Waals surface area contributed by atoms with Gasteiger partial charge in [-0.05, 0) is 30.2 Å². The summed E-state index contributed by atoms with van der Waals surface area (Å²) in [6.45, 7) is 1.50. The lowest BCUT2D eigenvalue weighted by Crippen LogP contribution is -2.21. The monoisotopic (exact) mass is 245 g/mol. The predicted molar refractivity (Wildman–Crippen MR) is 62.3 cm³/mol. The Labute approximate surface area is 99.3 Å². The van der Waals surface area contributed by atoms with Crippen molar-refractivity contribution in [3.05, 3.63) is 33.8 Å². The maximum absolute atomic E-state index is 6.15. The molecule has 2 atom stereocenters. The summed E-state index contributed by atoms with van der Waals surface area (Å²) in [4.78, 5) is 0. The Bertz CT molecular complexity index is 350. The first-order valence-electron chi connectivity index (χ1n) is 4.97. The van der Waals surface area contributed by atoms with Crippen molar-refractivity contribution < 1.29 is 4.74 Å². The van der Waals surface area contributed by atoms with E-state index < -0.39 is 0 Å². The second kappa shape index (κ2) is 4.71. The molecule has 1 aromatic carbocycles. The Morgan fingerprint density at radius 1 is 1.40 bits per heavy atom. The molecule has 1 heterocycles. The molecular weight excluding hydrogens is 233 g/mol. The largest absolute Gasteiger partial charge is 0.381 e. The normalized spacial score (nSPS) is 23.0. The Morgan fingerprint density at radius 3 is 2.87 bits per heavy atom. The van der Waals surface area contributed by atoms with Gasteiger partial charge in [-0.1, -0.05) is 23.2 Å². The third kappa shape index (κ3) is 2.45. The number of benzene rings is 1. The van der Waals surface area contributed by atoms with Gasteiger partial charge < -0.3 is 10.5 Å². The molecule has 4 heteroatoms. The molecule has 2 nitrogen and oxygen atoms in total. The highest BCUT2D eigenvalue weighted by Gasteiger charge is 2.25. The molecule has 15 heavy (non-hydrogen) atoms. The van der Waals surface area contributed by atoms with Gasteiger partial charge in [-0.3, -0.25) is 0 Å². The van der Waals surface area contributed by atoms with E-state index in [1.54, 1.807) is 12.1 Å². The molecule has 0 spiro atoms. The molecule has 1 aromatic rings. The second-order valence-electron chi connectivity index (χ2n) is 3.82. The molecule has 0 aliphatic carbocycles. The summed E-state index contributed by atoms with van der Waals surface area (Å²) in [7, 11) is 0. The molecule has 0 unspecified atom stereocenters. The van der Waals surface area contributed by atoms with Gasteiger partial charge in [0.2, 0.25) is 0 Å². The lowest BCUT2D eigenvalue weighted by molar-refractivity contribution is 0.181. The van der Waals surface area contributed by atoms with E-state index in [0.717, 1.165) is 18.6 Å². The molecule has 0 aromatic heterocycles. The molecule has 1 fully saturated rings. The van der Waals surface area contributed by atoms with E-state index in [9.17, 15) is 0 Å². The van der Waals surface area contributed by atoms with E-state index in [4.69, 9.17) is 33.7 Å². The highest BCUT2D eigenvalue weighted by Crippen LogP contribution is 2.32. The summed E-state index contributed by atoms with van der Waals surface area (Å²) in [5.41, 5.74) is 7.06. The third-order valence-corrected chi connectivity index (χ3v) is 3.37. The van der Waals surface area contributed by atoms with Gasteiger partial charge in [-0.25, -0.2) is 0 Å². The van der Waals surface area contributed by atoms with Crippen molar-refractivity contribution in [2.75, 3.05) is 13.2 Å². The number of hydrogen-bond donors (Lipinski definition) is 1. The van der Waals surface area contributed by atoms with Gasteiger partial charge in [0.1, 0.15) is 0 Å². The van der Waals surface area contributed by atoms with Crippen LogP contribution in [0.25, 0.3) is 0 Å². The van der Waals surface area contributed by atoms with Crippen LogP contribution in [0.5, 0.6) is 0 Å². The van der Waals surface area contributed by atoms with Gasteiger partial charge in [0.25, 0.3) is 0 Å². The van der Waals surface area contributed by atoms with Crippen LogP contribution in [-0.2, 0) is 4.74 Å². The number of nitrogens with two attached hydrogens (primary N) is 1. The van der Waals surface area contributed by atoms with Crippen molar-refractivity contribution >= 4 is 23.2 Å². The van der Waals surface area contributed by atoms with Crippen LogP contribution >= 0.6 is 23.2 Å². The summed E-state index contributed by atoms with van der Waals surface area (Å²) in [5.74, 6) is 0.348. The molecule has 82 valence electrons. The van der Waals surface area contributed by atoms with E-state index in [1.807, 2.05) is 6.07 Å². The molecule has 1 aliphatic rings. The SMILES string of the molecule is N[C@H](c1cc(Cl)ccc1Cl)[C@@H]1CCOC1. The Morgan fingerprint density at radius 2 is 2.20 bits per heavy atom. The van der Waals surface area contributed by atoms with Crippen LogP contribution in [0.4, 0.5) is 0 Å². The number of rotatable bonds is 2. The summed E-state index contributed by atoms with van der Waals surface area (Å²) >= 11 is 12.0. The average Bonchev–Trinajstić information content (AvgIpc) is 2.74. The van der Waals surface area contributed by atoms with Crippen molar-refractivity contribution in [1.29, 1.82) is 0 Å². The molecule has 0 saturated carbocycles. The average molecular weight is 246 g/mol. The van der Waals surface area contributed by atoms with Crippen molar-refractivity contribution in [3.63, 3.8) is 0 Å². The first kappa shape index (κ1) is 11.2. The van der Waals surface area contributed by atoms with Crippen LogP contribution in [0.15, 0.2) is 18.2 Å². The lowest BCUT2D eigenvalue weighted by atomic mass is 9.93. The highest BCUT2D eigenvalue weighted by atomic mass is 35.5. The zero-order chi connectivity index (χ0) is 10.8. The maximum atomic E-state index is 6.15. The van der Waals surface area contributed by atoms with Gasteiger partial charge in [0, 0.05) is 28.6 Å². The van der Waals surface area contributed by atoms with Crippen LogP contribution in [0, 0.1) is 5.92 Å². The summed E-state index contributed by atoms with van der Waals surface area (Å²) in [6, 6.07) is 5.31. The van der Waals surface area contributed by atoms with Crippen LogP contribution in [-0.4, -0.2) is 13.2 Å². The van der Waals surface area contributed by atoms with Gasteiger partial charge >= 0.3 is 0 Å². The minimum Gasteiger partial charge on any atom is -0.381 e. The Balaban J connectivity index is 2.23.